The van der Waals surface area contributed by atoms with E-state index >= 15 is 0 Å². The Bertz CT molecular complexity index is 214. The lowest BCUT2D eigenvalue weighted by atomic mass is 10.1. The molecule has 0 rings (SSSR count). The third-order valence-corrected chi connectivity index (χ3v) is 1.71. The maximum absolute atomic E-state index is 3.73. The van der Waals surface area contributed by atoms with Gasteiger partial charge in [-0.3, -0.25) is 0 Å². The molecule has 0 saturated heterocycles. The molecule has 0 aromatic rings. The summed E-state index contributed by atoms with van der Waals surface area (Å²) < 4.78 is 0. The molecule has 0 unspecified atom stereocenters. The smallest absolute Gasteiger partial charge is 0.0266 e. The molecule has 0 aliphatic carbocycles. The second-order valence-corrected chi connectivity index (χ2v) is 2.74. The van der Waals surface area contributed by atoms with Crippen LogP contribution in [0.3, 0.4) is 0 Å². The van der Waals surface area contributed by atoms with Crippen LogP contribution in [0.2, 0.25) is 0 Å². The fourth-order valence-corrected chi connectivity index (χ4v) is 0.740. The van der Waals surface area contributed by atoms with Crippen LogP contribution >= 0.6 is 0 Å². The van der Waals surface area contributed by atoms with Gasteiger partial charge in [0.15, 0.2) is 0 Å². The van der Waals surface area contributed by atoms with Crippen LogP contribution < -0.4 is 0 Å². The van der Waals surface area contributed by atoms with Crippen molar-refractivity contribution >= 4 is 0 Å². The van der Waals surface area contributed by atoms with Gasteiger partial charge in [-0.2, -0.15) is 0 Å². The normalized spacial score (nSPS) is 13.9. The SMILES string of the molecule is C=CC(=C/C=C(/C)CC)/C=C/C. The summed E-state index contributed by atoms with van der Waals surface area (Å²) in [5, 5.41) is 0. The second-order valence-electron chi connectivity index (χ2n) is 2.74. The largest absolute Gasteiger partial charge is 0.0985 e. The molecule has 0 aromatic heterocycles. The van der Waals surface area contributed by atoms with E-state index in [1.807, 2.05) is 25.2 Å². The van der Waals surface area contributed by atoms with Gasteiger partial charge >= 0.3 is 0 Å². The van der Waals surface area contributed by atoms with Crippen molar-refractivity contribution in [3.8, 4) is 0 Å². The number of allylic oxidation sites excluding steroid dienone is 7. The molecule has 0 N–H and O–H groups in total. The van der Waals surface area contributed by atoms with Crippen molar-refractivity contribution < 1.29 is 0 Å². The molecule has 0 aliphatic rings. The Kier molecular flexibility index (Phi) is 6.08. The predicted octanol–water partition coefficient (Wildman–Crippen LogP) is 4.03. The first-order valence-electron chi connectivity index (χ1n) is 4.37. The standard InChI is InChI=1S/C12H18/c1-5-8-12(7-3)10-9-11(4)6-2/h5,7-10H,3,6H2,1-2,4H3/b8-5+,11-9-,12-10-. The highest BCUT2D eigenvalue weighted by atomic mass is 13.9. The molecule has 0 atom stereocenters. The van der Waals surface area contributed by atoms with Crippen LogP contribution in [0.4, 0.5) is 0 Å². The Morgan fingerprint density at radius 2 is 2.00 bits per heavy atom. The van der Waals surface area contributed by atoms with Gasteiger partial charge in [0.05, 0.1) is 0 Å². The van der Waals surface area contributed by atoms with E-state index in [-0.39, 0.29) is 0 Å². The average molecular weight is 162 g/mol. The van der Waals surface area contributed by atoms with Gasteiger partial charge in [0.1, 0.15) is 0 Å². The van der Waals surface area contributed by atoms with Crippen molar-refractivity contribution in [3.05, 3.63) is 48.1 Å². The van der Waals surface area contributed by atoms with Crippen LogP contribution in [-0.2, 0) is 0 Å². The summed E-state index contributed by atoms with van der Waals surface area (Å²) >= 11 is 0. The molecule has 0 bridgehead atoms. The van der Waals surface area contributed by atoms with E-state index in [2.05, 4.69) is 32.6 Å². The second kappa shape index (κ2) is 6.66. The molecular formula is C12H18. The van der Waals surface area contributed by atoms with Crippen LogP contribution in [0.1, 0.15) is 27.2 Å². The quantitative estimate of drug-likeness (QED) is 0.547. The molecule has 12 heavy (non-hydrogen) atoms. The van der Waals surface area contributed by atoms with Gasteiger partial charge in [-0.25, -0.2) is 0 Å². The minimum absolute atomic E-state index is 1.11. The highest BCUT2D eigenvalue weighted by Gasteiger charge is 1.82. The molecule has 0 amide bonds. The first-order valence-corrected chi connectivity index (χ1v) is 4.37. The Morgan fingerprint density at radius 1 is 1.33 bits per heavy atom. The Balaban J connectivity index is 4.39. The van der Waals surface area contributed by atoms with Crippen LogP contribution in [0.15, 0.2) is 48.1 Å². The lowest BCUT2D eigenvalue weighted by Gasteiger charge is -1.92. The highest BCUT2D eigenvalue weighted by Crippen LogP contribution is 2.03. The topological polar surface area (TPSA) is 0 Å². The molecule has 0 heteroatoms. The molecule has 0 aliphatic heterocycles. The van der Waals surface area contributed by atoms with Crippen LogP contribution in [-0.4, -0.2) is 0 Å². The van der Waals surface area contributed by atoms with E-state index < -0.39 is 0 Å². The third-order valence-electron chi connectivity index (χ3n) is 1.71. The molecule has 0 radical (unpaired) electrons. The van der Waals surface area contributed by atoms with Gasteiger partial charge in [0.2, 0.25) is 0 Å². The van der Waals surface area contributed by atoms with Crippen molar-refractivity contribution in [2.24, 2.45) is 0 Å². The van der Waals surface area contributed by atoms with Crippen molar-refractivity contribution in [1.82, 2.24) is 0 Å². The lowest BCUT2D eigenvalue weighted by Crippen LogP contribution is -1.71. The molecule has 66 valence electrons. The van der Waals surface area contributed by atoms with E-state index in [0.29, 0.717) is 0 Å². The van der Waals surface area contributed by atoms with E-state index in [0.717, 1.165) is 12.0 Å². The van der Waals surface area contributed by atoms with Gasteiger partial charge in [-0.15, -0.1) is 0 Å². The Labute approximate surface area is 76.0 Å². The fourth-order valence-electron chi connectivity index (χ4n) is 0.740. The predicted molar refractivity (Wildman–Crippen MR) is 57.1 cm³/mol. The van der Waals surface area contributed by atoms with Crippen LogP contribution in [0.5, 0.6) is 0 Å². The summed E-state index contributed by atoms with van der Waals surface area (Å²) in [7, 11) is 0. The first-order chi connectivity index (χ1) is 5.74. The molecule has 0 aromatic carbocycles. The highest BCUT2D eigenvalue weighted by molar-refractivity contribution is 5.33. The third kappa shape index (κ3) is 4.73. The lowest BCUT2D eigenvalue weighted by molar-refractivity contribution is 1.10. The number of hydrogen-bond donors (Lipinski definition) is 0. The van der Waals surface area contributed by atoms with Gasteiger partial charge in [-0.05, 0) is 25.8 Å². The average Bonchev–Trinajstić information content (AvgIpc) is 2.11. The van der Waals surface area contributed by atoms with Gasteiger partial charge < -0.3 is 0 Å². The summed E-state index contributed by atoms with van der Waals surface area (Å²) in [5.74, 6) is 0. The Hall–Kier alpha value is -1.04. The zero-order valence-electron chi connectivity index (χ0n) is 8.30. The minimum atomic E-state index is 1.11. The zero-order chi connectivity index (χ0) is 9.40. The summed E-state index contributed by atoms with van der Waals surface area (Å²) in [6, 6.07) is 0. The molecule has 0 fully saturated rings. The van der Waals surface area contributed by atoms with E-state index in [1.165, 1.54) is 5.57 Å². The summed E-state index contributed by atoms with van der Waals surface area (Å²) in [4.78, 5) is 0. The summed E-state index contributed by atoms with van der Waals surface area (Å²) in [6.07, 6.45) is 11.3. The minimum Gasteiger partial charge on any atom is -0.0985 e. The van der Waals surface area contributed by atoms with Crippen LogP contribution in [0, 0.1) is 0 Å². The van der Waals surface area contributed by atoms with Gasteiger partial charge in [0, 0.05) is 0 Å². The molecule has 0 saturated carbocycles. The maximum Gasteiger partial charge on any atom is -0.0266 e. The zero-order valence-corrected chi connectivity index (χ0v) is 8.30. The van der Waals surface area contributed by atoms with Crippen molar-refractivity contribution in [2.75, 3.05) is 0 Å². The van der Waals surface area contributed by atoms with E-state index in [1.54, 1.807) is 0 Å². The number of hydrogen-bond acceptors (Lipinski definition) is 0. The maximum atomic E-state index is 3.73. The molecular weight excluding hydrogens is 144 g/mol. The van der Waals surface area contributed by atoms with E-state index in [4.69, 9.17) is 0 Å². The monoisotopic (exact) mass is 162 g/mol. The van der Waals surface area contributed by atoms with E-state index in [9.17, 15) is 0 Å². The Morgan fingerprint density at radius 3 is 2.42 bits per heavy atom. The molecule has 0 heterocycles. The summed E-state index contributed by atoms with van der Waals surface area (Å²) in [5.41, 5.74) is 2.55. The van der Waals surface area contributed by atoms with Crippen molar-refractivity contribution in [2.45, 2.75) is 27.2 Å². The van der Waals surface area contributed by atoms with Crippen LogP contribution in [0.25, 0.3) is 0 Å². The number of rotatable bonds is 4. The van der Waals surface area contributed by atoms with Gasteiger partial charge in [-0.1, -0.05) is 49.5 Å². The first kappa shape index (κ1) is 11.0. The van der Waals surface area contributed by atoms with Crippen molar-refractivity contribution in [1.29, 1.82) is 0 Å². The van der Waals surface area contributed by atoms with Crippen molar-refractivity contribution in [3.63, 3.8) is 0 Å². The molecule has 0 nitrogen and oxygen atoms in total. The summed E-state index contributed by atoms with van der Waals surface area (Å²) in [6.45, 7) is 10.0. The fraction of sp³-hybridized carbons (Fsp3) is 0.333. The molecule has 0 spiro atoms. The van der Waals surface area contributed by atoms with Gasteiger partial charge in [0.25, 0.3) is 0 Å².